The fourth-order valence-electron chi connectivity index (χ4n) is 1.76. The van der Waals surface area contributed by atoms with Crippen LogP contribution in [0.3, 0.4) is 0 Å². The minimum absolute atomic E-state index is 0.0622. The van der Waals surface area contributed by atoms with Crippen LogP contribution >= 0.6 is 11.8 Å². The Morgan fingerprint density at radius 3 is 2.68 bits per heavy atom. The maximum atomic E-state index is 13.7. The van der Waals surface area contributed by atoms with Gasteiger partial charge in [0.05, 0.1) is 5.75 Å². The molecule has 0 saturated heterocycles. The first-order chi connectivity index (χ1) is 9.10. The lowest BCUT2D eigenvalue weighted by Crippen LogP contribution is -1.98. The van der Waals surface area contributed by atoms with Crippen LogP contribution in [0.1, 0.15) is 35.9 Å². The fraction of sp³-hybridized carbons (Fsp3) is 0.385. The Balaban J connectivity index is 2.07. The molecule has 0 aliphatic heterocycles. The molecule has 0 bridgehead atoms. The summed E-state index contributed by atoms with van der Waals surface area (Å²) in [4.78, 5) is 0. The predicted molar refractivity (Wildman–Crippen MR) is 69.7 cm³/mol. The third-order valence-corrected chi connectivity index (χ3v) is 4.06. The highest BCUT2D eigenvalue weighted by molar-refractivity contribution is 7.98. The van der Waals surface area contributed by atoms with Crippen LogP contribution in [0, 0.1) is 18.6 Å². The van der Waals surface area contributed by atoms with Gasteiger partial charge in [-0.1, -0.05) is 13.0 Å². The van der Waals surface area contributed by atoms with Gasteiger partial charge in [0.25, 0.3) is 0 Å². The second kappa shape index (κ2) is 6.14. The summed E-state index contributed by atoms with van der Waals surface area (Å²) in [6.07, 6.45) is 0.736. The molecule has 1 unspecified atom stereocenters. The first-order valence-electron chi connectivity index (χ1n) is 5.95. The van der Waals surface area contributed by atoms with Crippen LogP contribution in [-0.2, 0) is 5.75 Å². The molecule has 0 radical (unpaired) electrons. The quantitative estimate of drug-likeness (QED) is 0.830. The molecule has 1 aromatic heterocycles. The first kappa shape index (κ1) is 14.0. The number of benzene rings is 1. The average molecular weight is 284 g/mol. The van der Waals surface area contributed by atoms with E-state index in [0.717, 1.165) is 12.5 Å². The normalized spacial score (nSPS) is 12.6. The summed E-state index contributed by atoms with van der Waals surface area (Å²) >= 11 is 1.50. The Morgan fingerprint density at radius 1 is 1.32 bits per heavy atom. The SMILES string of the molecule is CCC(SCc1nnc(C)o1)c1ccc(F)cc1F. The number of aryl methyl sites for hydroxylation is 1. The molecule has 6 heteroatoms. The highest BCUT2D eigenvalue weighted by Gasteiger charge is 2.16. The van der Waals surface area contributed by atoms with Crippen LogP contribution in [0.2, 0.25) is 0 Å². The molecule has 0 fully saturated rings. The zero-order valence-electron chi connectivity index (χ0n) is 10.7. The molecule has 19 heavy (non-hydrogen) atoms. The van der Waals surface area contributed by atoms with Crippen molar-refractivity contribution in [3.05, 3.63) is 47.2 Å². The van der Waals surface area contributed by atoms with Gasteiger partial charge >= 0.3 is 0 Å². The van der Waals surface area contributed by atoms with Gasteiger partial charge in [0.2, 0.25) is 11.8 Å². The van der Waals surface area contributed by atoms with Crippen molar-refractivity contribution in [3.63, 3.8) is 0 Å². The molecule has 2 rings (SSSR count). The number of aromatic nitrogens is 2. The van der Waals surface area contributed by atoms with Gasteiger partial charge in [0.1, 0.15) is 11.6 Å². The second-order valence-corrected chi connectivity index (χ2v) is 5.28. The van der Waals surface area contributed by atoms with Gasteiger partial charge in [-0.15, -0.1) is 22.0 Å². The minimum Gasteiger partial charge on any atom is -0.425 e. The standard InChI is InChI=1S/C13H14F2N2OS/c1-3-12(10-5-4-9(14)6-11(10)15)19-7-13-17-16-8(2)18-13/h4-6,12H,3,7H2,1-2H3. The van der Waals surface area contributed by atoms with Crippen LogP contribution in [0.25, 0.3) is 0 Å². The van der Waals surface area contributed by atoms with E-state index in [1.807, 2.05) is 6.92 Å². The molecule has 1 aromatic carbocycles. The second-order valence-electron chi connectivity index (χ2n) is 4.09. The molecule has 1 heterocycles. The Labute approximate surface area is 114 Å². The number of nitrogens with zero attached hydrogens (tertiary/aromatic N) is 2. The number of hydrogen-bond acceptors (Lipinski definition) is 4. The maximum absolute atomic E-state index is 13.7. The van der Waals surface area contributed by atoms with Crippen LogP contribution in [0.4, 0.5) is 8.78 Å². The maximum Gasteiger partial charge on any atom is 0.226 e. The summed E-state index contributed by atoms with van der Waals surface area (Å²) in [6.45, 7) is 3.68. The lowest BCUT2D eigenvalue weighted by atomic mass is 10.1. The lowest BCUT2D eigenvalue weighted by Gasteiger charge is -2.14. The van der Waals surface area contributed by atoms with Crippen LogP contribution in [0.15, 0.2) is 22.6 Å². The van der Waals surface area contributed by atoms with Gasteiger partial charge in [-0.3, -0.25) is 0 Å². The molecule has 3 nitrogen and oxygen atoms in total. The van der Waals surface area contributed by atoms with E-state index in [9.17, 15) is 8.78 Å². The number of hydrogen-bond donors (Lipinski definition) is 0. The van der Waals surface area contributed by atoms with Gasteiger partial charge in [-0.25, -0.2) is 8.78 Å². The van der Waals surface area contributed by atoms with Crippen molar-refractivity contribution in [3.8, 4) is 0 Å². The molecule has 1 atom stereocenters. The molecular weight excluding hydrogens is 270 g/mol. The van der Waals surface area contributed by atoms with Crippen molar-refractivity contribution in [1.29, 1.82) is 0 Å². The van der Waals surface area contributed by atoms with E-state index in [0.29, 0.717) is 23.1 Å². The summed E-state index contributed by atoms with van der Waals surface area (Å²) in [5, 5.41) is 7.57. The molecule has 0 aliphatic carbocycles. The van der Waals surface area contributed by atoms with Gasteiger partial charge < -0.3 is 4.42 Å². The summed E-state index contributed by atoms with van der Waals surface area (Å²) in [5.74, 6) is 0.464. The zero-order valence-corrected chi connectivity index (χ0v) is 11.5. The van der Waals surface area contributed by atoms with Crippen molar-refractivity contribution in [1.82, 2.24) is 10.2 Å². The van der Waals surface area contributed by atoms with E-state index < -0.39 is 11.6 Å². The van der Waals surface area contributed by atoms with E-state index in [1.165, 1.54) is 23.9 Å². The number of thioether (sulfide) groups is 1. The molecule has 2 aromatic rings. The third-order valence-electron chi connectivity index (χ3n) is 2.66. The Morgan fingerprint density at radius 2 is 2.11 bits per heavy atom. The van der Waals surface area contributed by atoms with Crippen LogP contribution in [0.5, 0.6) is 0 Å². The summed E-state index contributed by atoms with van der Waals surface area (Å²) in [6, 6.07) is 3.68. The van der Waals surface area contributed by atoms with Crippen molar-refractivity contribution in [2.24, 2.45) is 0 Å². The predicted octanol–water partition coefficient (Wildman–Crippen LogP) is 4.04. The Kier molecular flexibility index (Phi) is 4.52. The fourth-order valence-corrected chi connectivity index (χ4v) is 2.82. The van der Waals surface area contributed by atoms with Gasteiger partial charge in [0.15, 0.2) is 0 Å². The van der Waals surface area contributed by atoms with E-state index >= 15 is 0 Å². The Hall–Kier alpha value is -1.43. The van der Waals surface area contributed by atoms with E-state index in [4.69, 9.17) is 4.42 Å². The van der Waals surface area contributed by atoms with E-state index in [-0.39, 0.29) is 5.25 Å². The topological polar surface area (TPSA) is 38.9 Å². The molecular formula is C13H14F2N2OS. The number of rotatable bonds is 5. The monoisotopic (exact) mass is 284 g/mol. The molecule has 0 N–H and O–H groups in total. The zero-order chi connectivity index (χ0) is 13.8. The minimum atomic E-state index is -0.561. The molecule has 102 valence electrons. The van der Waals surface area contributed by atoms with Gasteiger partial charge in [-0.05, 0) is 12.5 Å². The molecule has 0 spiro atoms. The smallest absolute Gasteiger partial charge is 0.226 e. The largest absolute Gasteiger partial charge is 0.425 e. The highest BCUT2D eigenvalue weighted by Crippen LogP contribution is 2.35. The first-order valence-corrected chi connectivity index (χ1v) is 7.00. The van der Waals surface area contributed by atoms with Crippen molar-refractivity contribution in [2.75, 3.05) is 0 Å². The molecule has 0 aliphatic rings. The summed E-state index contributed by atoms with van der Waals surface area (Å²) in [5.41, 5.74) is 0.505. The van der Waals surface area contributed by atoms with Crippen molar-refractivity contribution < 1.29 is 13.2 Å². The van der Waals surface area contributed by atoms with Crippen LogP contribution in [-0.4, -0.2) is 10.2 Å². The van der Waals surface area contributed by atoms with Crippen molar-refractivity contribution >= 4 is 11.8 Å². The summed E-state index contributed by atoms with van der Waals surface area (Å²) < 4.78 is 31.9. The van der Waals surface area contributed by atoms with Crippen LogP contribution < -0.4 is 0 Å². The van der Waals surface area contributed by atoms with Gasteiger partial charge in [0, 0.05) is 23.8 Å². The Bertz CT molecular complexity index is 559. The third kappa shape index (κ3) is 3.53. The lowest BCUT2D eigenvalue weighted by molar-refractivity contribution is 0.485. The van der Waals surface area contributed by atoms with E-state index in [2.05, 4.69) is 10.2 Å². The number of halogens is 2. The molecule has 0 saturated carbocycles. The molecule has 0 amide bonds. The van der Waals surface area contributed by atoms with E-state index in [1.54, 1.807) is 6.92 Å². The average Bonchev–Trinajstić information content (AvgIpc) is 2.78. The van der Waals surface area contributed by atoms with Crippen molar-refractivity contribution in [2.45, 2.75) is 31.3 Å². The highest BCUT2D eigenvalue weighted by atomic mass is 32.2. The van der Waals surface area contributed by atoms with Gasteiger partial charge in [-0.2, -0.15) is 0 Å². The summed E-state index contributed by atoms with van der Waals surface area (Å²) in [7, 11) is 0.